The van der Waals surface area contributed by atoms with Crippen molar-refractivity contribution in [3.63, 3.8) is 0 Å². The fourth-order valence-electron chi connectivity index (χ4n) is 2.92. The van der Waals surface area contributed by atoms with Gasteiger partial charge in [0.25, 0.3) is 0 Å². The Bertz CT molecular complexity index is 888. The first-order valence-electron chi connectivity index (χ1n) is 8.44. The van der Waals surface area contributed by atoms with Crippen LogP contribution in [0.4, 0.5) is 11.4 Å². The second-order valence-corrected chi connectivity index (χ2v) is 8.59. The van der Waals surface area contributed by atoms with Crippen molar-refractivity contribution in [2.75, 3.05) is 21.9 Å². The monoisotopic (exact) mass is 393 g/mol. The summed E-state index contributed by atoms with van der Waals surface area (Å²) in [6, 6.07) is 8.75. The Morgan fingerprint density at radius 1 is 1.31 bits per heavy atom. The molecule has 138 valence electrons. The fourth-order valence-corrected chi connectivity index (χ4v) is 4.83. The molecule has 0 atom stereocenters. The van der Waals surface area contributed by atoms with E-state index in [2.05, 4.69) is 10.3 Å². The summed E-state index contributed by atoms with van der Waals surface area (Å²) < 4.78 is 25.3. The van der Waals surface area contributed by atoms with Crippen LogP contribution < -0.4 is 9.62 Å². The molecule has 1 N–H and O–H groups in total. The molecule has 0 spiro atoms. The molecule has 26 heavy (non-hydrogen) atoms. The maximum atomic E-state index is 12.1. The lowest BCUT2D eigenvalue weighted by atomic mass is 10.1. The minimum atomic E-state index is -3.28. The van der Waals surface area contributed by atoms with Gasteiger partial charge in [-0.2, -0.15) is 0 Å². The van der Waals surface area contributed by atoms with Crippen LogP contribution in [-0.4, -0.2) is 31.6 Å². The number of aromatic nitrogens is 1. The highest BCUT2D eigenvalue weighted by Crippen LogP contribution is 2.33. The molecule has 1 aliphatic heterocycles. The average Bonchev–Trinajstić information content (AvgIpc) is 2.95. The zero-order chi connectivity index (χ0) is 18.6. The van der Waals surface area contributed by atoms with Crippen LogP contribution in [0, 0.1) is 0 Å². The Morgan fingerprint density at radius 2 is 2.15 bits per heavy atom. The Morgan fingerprint density at radius 3 is 2.81 bits per heavy atom. The number of aryl methyl sites for hydroxylation is 1. The molecule has 6 nitrogen and oxygen atoms in total. The van der Waals surface area contributed by atoms with Gasteiger partial charge < -0.3 is 5.32 Å². The van der Waals surface area contributed by atoms with Crippen molar-refractivity contribution in [1.29, 1.82) is 0 Å². The lowest BCUT2D eigenvalue weighted by molar-refractivity contribution is -0.116. The molecule has 2 heterocycles. The van der Waals surface area contributed by atoms with Gasteiger partial charge in [0, 0.05) is 31.0 Å². The van der Waals surface area contributed by atoms with Gasteiger partial charge in [0.15, 0.2) is 0 Å². The molecule has 1 amide bonds. The molecule has 1 fully saturated rings. The van der Waals surface area contributed by atoms with E-state index >= 15 is 0 Å². The molecule has 1 aromatic heterocycles. The van der Waals surface area contributed by atoms with Crippen molar-refractivity contribution >= 4 is 38.9 Å². The molecule has 0 aliphatic carbocycles. The molecule has 0 unspecified atom stereocenters. The molecule has 0 saturated carbocycles. The number of hydrogen-bond acceptors (Lipinski definition) is 4. The van der Waals surface area contributed by atoms with E-state index < -0.39 is 10.0 Å². The predicted octanol–water partition coefficient (Wildman–Crippen LogP) is 3.24. The molecular formula is C18H20ClN3O3S. The number of carbonyl (C=O) groups excluding carboxylic acids is 1. The number of rotatable bonds is 6. The third-order valence-electron chi connectivity index (χ3n) is 4.19. The zero-order valence-electron chi connectivity index (χ0n) is 14.2. The maximum Gasteiger partial charge on any atom is 0.235 e. The number of hydrogen-bond donors (Lipinski definition) is 1. The van der Waals surface area contributed by atoms with Crippen molar-refractivity contribution in [1.82, 2.24) is 4.98 Å². The van der Waals surface area contributed by atoms with E-state index in [1.54, 1.807) is 30.6 Å². The number of benzene rings is 1. The topological polar surface area (TPSA) is 79.4 Å². The van der Waals surface area contributed by atoms with Crippen LogP contribution in [-0.2, 0) is 21.2 Å². The number of sulfonamides is 1. The standard InChI is InChI=1S/C18H20ClN3O3S/c19-16-12-15(7-8-17(16)22-10-3-11-26(22,24)25)21-18(23)6-1-4-14-5-2-9-20-13-14/h2,5,7-9,12-13H,1,3-4,6,10-11H2,(H,21,23). The summed E-state index contributed by atoms with van der Waals surface area (Å²) in [5.41, 5.74) is 2.11. The van der Waals surface area contributed by atoms with Crippen LogP contribution in [0.15, 0.2) is 42.7 Å². The first kappa shape index (κ1) is 18.7. The second kappa shape index (κ2) is 8.05. The minimum Gasteiger partial charge on any atom is -0.326 e. The normalized spacial score (nSPS) is 15.8. The number of halogens is 1. The lowest BCUT2D eigenvalue weighted by Crippen LogP contribution is -2.25. The summed E-state index contributed by atoms with van der Waals surface area (Å²) in [6.45, 7) is 0.433. The van der Waals surface area contributed by atoms with Gasteiger partial charge >= 0.3 is 0 Å². The van der Waals surface area contributed by atoms with E-state index in [9.17, 15) is 13.2 Å². The SMILES string of the molecule is O=C(CCCc1cccnc1)Nc1ccc(N2CCCS2(=O)=O)c(Cl)c1. The van der Waals surface area contributed by atoms with Crippen LogP contribution in [0.25, 0.3) is 0 Å². The van der Waals surface area contributed by atoms with E-state index in [-0.39, 0.29) is 11.7 Å². The maximum absolute atomic E-state index is 12.1. The smallest absolute Gasteiger partial charge is 0.235 e. The third-order valence-corrected chi connectivity index (χ3v) is 6.35. The number of amides is 1. The van der Waals surface area contributed by atoms with Crippen LogP contribution in [0.5, 0.6) is 0 Å². The summed E-state index contributed by atoms with van der Waals surface area (Å²) in [5.74, 6) is 0.0326. The molecule has 3 rings (SSSR count). The Labute approximate surface area is 158 Å². The van der Waals surface area contributed by atoms with Crippen molar-refractivity contribution in [2.24, 2.45) is 0 Å². The number of nitrogens with one attached hydrogen (secondary N) is 1. The first-order chi connectivity index (χ1) is 12.5. The molecule has 0 radical (unpaired) electrons. The van der Waals surface area contributed by atoms with Crippen molar-refractivity contribution < 1.29 is 13.2 Å². The van der Waals surface area contributed by atoms with Crippen LogP contribution in [0.2, 0.25) is 5.02 Å². The fraction of sp³-hybridized carbons (Fsp3) is 0.333. The summed E-state index contributed by atoms with van der Waals surface area (Å²) in [5, 5.41) is 3.11. The highest BCUT2D eigenvalue weighted by atomic mass is 35.5. The molecule has 1 aromatic carbocycles. The van der Waals surface area contributed by atoms with Crippen LogP contribution in [0.3, 0.4) is 0 Å². The van der Waals surface area contributed by atoms with Crippen LogP contribution >= 0.6 is 11.6 Å². The van der Waals surface area contributed by atoms with Crippen molar-refractivity contribution in [3.05, 3.63) is 53.3 Å². The van der Waals surface area contributed by atoms with E-state index in [4.69, 9.17) is 11.6 Å². The highest BCUT2D eigenvalue weighted by Gasteiger charge is 2.29. The summed E-state index contributed by atoms with van der Waals surface area (Å²) in [7, 11) is -3.28. The summed E-state index contributed by atoms with van der Waals surface area (Å²) >= 11 is 6.24. The van der Waals surface area contributed by atoms with Gasteiger partial charge in [-0.15, -0.1) is 0 Å². The van der Waals surface area contributed by atoms with Gasteiger partial charge in [-0.3, -0.25) is 14.1 Å². The second-order valence-electron chi connectivity index (χ2n) is 6.17. The number of anilines is 2. The van der Waals surface area contributed by atoms with Crippen molar-refractivity contribution in [3.8, 4) is 0 Å². The number of nitrogens with zero attached hydrogens (tertiary/aromatic N) is 2. The number of pyridine rings is 1. The third kappa shape index (κ3) is 4.53. The molecule has 1 aliphatic rings. The van der Waals surface area contributed by atoms with E-state index in [1.165, 1.54) is 4.31 Å². The molecule has 0 bridgehead atoms. The van der Waals surface area contributed by atoms with Gasteiger partial charge in [-0.05, 0) is 49.1 Å². The Hall–Kier alpha value is -2.12. The van der Waals surface area contributed by atoms with Gasteiger partial charge in [0.2, 0.25) is 15.9 Å². The van der Waals surface area contributed by atoms with E-state index in [0.717, 1.165) is 18.4 Å². The molecule has 2 aromatic rings. The van der Waals surface area contributed by atoms with Gasteiger partial charge in [-0.25, -0.2) is 8.42 Å². The van der Waals surface area contributed by atoms with Gasteiger partial charge in [0.1, 0.15) is 0 Å². The Balaban J connectivity index is 1.56. The van der Waals surface area contributed by atoms with E-state index in [1.807, 2.05) is 12.1 Å². The van der Waals surface area contributed by atoms with Gasteiger partial charge in [-0.1, -0.05) is 17.7 Å². The summed E-state index contributed by atoms with van der Waals surface area (Å²) in [4.78, 5) is 16.1. The first-order valence-corrected chi connectivity index (χ1v) is 10.4. The summed E-state index contributed by atoms with van der Waals surface area (Å²) in [6.07, 6.45) is 5.99. The molecular weight excluding hydrogens is 374 g/mol. The largest absolute Gasteiger partial charge is 0.326 e. The highest BCUT2D eigenvalue weighted by molar-refractivity contribution is 7.93. The average molecular weight is 394 g/mol. The molecule has 1 saturated heterocycles. The number of carbonyl (C=O) groups is 1. The van der Waals surface area contributed by atoms with Crippen LogP contribution in [0.1, 0.15) is 24.8 Å². The predicted molar refractivity (Wildman–Crippen MR) is 103 cm³/mol. The van der Waals surface area contributed by atoms with Crippen molar-refractivity contribution in [2.45, 2.75) is 25.7 Å². The van der Waals surface area contributed by atoms with Gasteiger partial charge in [0.05, 0.1) is 16.5 Å². The minimum absolute atomic E-state index is 0.105. The zero-order valence-corrected chi connectivity index (χ0v) is 15.8. The molecule has 8 heteroatoms. The Kier molecular flexibility index (Phi) is 5.78. The van der Waals surface area contributed by atoms with E-state index in [0.29, 0.717) is 35.8 Å². The quantitative estimate of drug-likeness (QED) is 0.817. The lowest BCUT2D eigenvalue weighted by Gasteiger charge is -2.19.